The van der Waals surface area contributed by atoms with Crippen molar-refractivity contribution in [3.05, 3.63) is 39.9 Å². The Morgan fingerprint density at radius 3 is 2.64 bits per heavy atom. The van der Waals surface area contributed by atoms with Crippen LogP contribution >= 0.6 is 15.9 Å². The molecule has 1 aromatic carbocycles. The van der Waals surface area contributed by atoms with Gasteiger partial charge in [-0.25, -0.2) is 0 Å². The molecule has 3 rings (SSSR count). The lowest BCUT2D eigenvalue weighted by atomic mass is 9.55. The van der Waals surface area contributed by atoms with E-state index < -0.39 is 0 Å². The highest BCUT2D eigenvalue weighted by molar-refractivity contribution is 9.10. The van der Waals surface area contributed by atoms with Crippen molar-refractivity contribution in [2.24, 2.45) is 17.3 Å². The largest absolute Gasteiger partial charge is 0.393 e. The van der Waals surface area contributed by atoms with E-state index >= 15 is 0 Å². The van der Waals surface area contributed by atoms with Crippen LogP contribution < -0.4 is 0 Å². The Bertz CT molecular complexity index is 604. The molecule has 2 saturated carbocycles. The van der Waals surface area contributed by atoms with Crippen LogP contribution in [0.25, 0.3) is 6.08 Å². The second-order valence-corrected chi connectivity index (χ2v) is 7.99. The first kappa shape index (κ1) is 15.9. The monoisotopic (exact) mass is 362 g/mol. The maximum Gasteiger partial charge on any atom is 0.165 e. The van der Waals surface area contributed by atoms with Crippen LogP contribution in [0, 0.1) is 17.3 Å². The Balaban J connectivity index is 1.89. The third-order valence-electron chi connectivity index (χ3n) is 5.77. The van der Waals surface area contributed by atoms with Crippen LogP contribution in [0.1, 0.15) is 45.1 Å². The number of halogens is 1. The van der Waals surface area contributed by atoms with E-state index in [4.69, 9.17) is 0 Å². The van der Waals surface area contributed by atoms with Crippen molar-refractivity contribution < 1.29 is 9.90 Å². The van der Waals surface area contributed by atoms with E-state index in [0.29, 0.717) is 11.7 Å². The number of aliphatic hydroxyl groups is 1. The zero-order valence-electron chi connectivity index (χ0n) is 13.2. The molecule has 0 heterocycles. The summed E-state index contributed by atoms with van der Waals surface area (Å²) in [5, 5.41) is 10.1. The fraction of sp³-hybridized carbons (Fsp3) is 0.526. The molecular weight excluding hydrogens is 340 g/mol. The highest BCUT2D eigenvalue weighted by atomic mass is 79.9. The van der Waals surface area contributed by atoms with Gasteiger partial charge >= 0.3 is 0 Å². The summed E-state index contributed by atoms with van der Waals surface area (Å²) in [7, 11) is 0. The minimum atomic E-state index is -0.294. The van der Waals surface area contributed by atoms with Gasteiger partial charge in [-0.2, -0.15) is 0 Å². The molecule has 3 heteroatoms. The molecule has 0 saturated heterocycles. The van der Waals surface area contributed by atoms with Gasteiger partial charge < -0.3 is 5.11 Å². The number of Topliss-reactive ketones (excluding diaryl/α,β-unsaturated/α-hetero) is 1. The lowest BCUT2D eigenvalue weighted by Crippen LogP contribution is -2.50. The van der Waals surface area contributed by atoms with E-state index in [2.05, 4.69) is 29.8 Å². The van der Waals surface area contributed by atoms with Gasteiger partial charge in [0.2, 0.25) is 0 Å². The first-order chi connectivity index (χ1) is 10.4. The van der Waals surface area contributed by atoms with Crippen molar-refractivity contribution in [1.29, 1.82) is 0 Å². The average molecular weight is 363 g/mol. The number of ketones is 1. The van der Waals surface area contributed by atoms with Gasteiger partial charge in [0, 0.05) is 9.89 Å². The quantitative estimate of drug-likeness (QED) is 0.740. The number of allylic oxidation sites excluding steroid dienone is 1. The summed E-state index contributed by atoms with van der Waals surface area (Å²) >= 11 is 3.44. The van der Waals surface area contributed by atoms with Gasteiger partial charge in [-0.1, -0.05) is 41.9 Å². The normalized spacial score (nSPS) is 37.2. The second kappa shape index (κ2) is 5.93. The van der Waals surface area contributed by atoms with Crippen molar-refractivity contribution in [3.63, 3.8) is 0 Å². The molecule has 22 heavy (non-hydrogen) atoms. The molecule has 2 unspecified atom stereocenters. The standard InChI is InChI=1S/C19H23BrO2/c1-12-16-8-5-14(11-13-3-6-15(20)7-4-13)18(22)19(16,2)10-9-17(12)21/h3-4,6-7,11-12,16-17,21H,5,8-10H2,1-2H3/t12-,16?,17?,19-/m0/s1. The first-order valence-electron chi connectivity index (χ1n) is 8.11. The zero-order chi connectivity index (χ0) is 15.9. The molecule has 2 aliphatic rings. The molecular formula is C19H23BrO2. The molecule has 1 N–H and O–H groups in total. The van der Waals surface area contributed by atoms with Crippen molar-refractivity contribution in [2.75, 3.05) is 0 Å². The van der Waals surface area contributed by atoms with Crippen LogP contribution in [0.5, 0.6) is 0 Å². The molecule has 2 nitrogen and oxygen atoms in total. The topological polar surface area (TPSA) is 37.3 Å². The number of carbonyl (C=O) groups excluding carboxylic acids is 1. The first-order valence-corrected chi connectivity index (χ1v) is 8.90. The highest BCUT2D eigenvalue weighted by Gasteiger charge is 2.51. The van der Waals surface area contributed by atoms with Crippen molar-refractivity contribution in [2.45, 2.75) is 45.6 Å². The number of rotatable bonds is 1. The molecule has 2 fully saturated rings. The summed E-state index contributed by atoms with van der Waals surface area (Å²) in [6.45, 7) is 4.21. The van der Waals surface area contributed by atoms with E-state index in [9.17, 15) is 9.90 Å². The van der Waals surface area contributed by atoms with Gasteiger partial charge in [-0.3, -0.25) is 4.79 Å². The summed E-state index contributed by atoms with van der Waals surface area (Å²) in [6, 6.07) is 8.07. The van der Waals surface area contributed by atoms with Crippen LogP contribution in [0.15, 0.2) is 34.3 Å². The zero-order valence-corrected chi connectivity index (χ0v) is 14.8. The number of fused-ring (bicyclic) bond motifs is 1. The molecule has 2 aliphatic carbocycles. The number of carbonyl (C=O) groups is 1. The molecule has 0 spiro atoms. The summed E-state index contributed by atoms with van der Waals surface area (Å²) in [5.41, 5.74) is 1.74. The molecule has 0 aliphatic heterocycles. The molecule has 118 valence electrons. The smallest absolute Gasteiger partial charge is 0.165 e. The third-order valence-corrected chi connectivity index (χ3v) is 6.29. The fourth-order valence-electron chi connectivity index (χ4n) is 4.30. The van der Waals surface area contributed by atoms with E-state index in [0.717, 1.165) is 41.3 Å². The van der Waals surface area contributed by atoms with E-state index in [1.165, 1.54) is 0 Å². The third kappa shape index (κ3) is 2.69. The molecule has 0 bridgehead atoms. The minimum Gasteiger partial charge on any atom is -0.393 e. The van der Waals surface area contributed by atoms with Crippen LogP contribution in [0.3, 0.4) is 0 Å². The number of aliphatic hydroxyl groups excluding tert-OH is 1. The van der Waals surface area contributed by atoms with Gasteiger partial charge in [0.1, 0.15) is 0 Å². The summed E-state index contributed by atoms with van der Waals surface area (Å²) < 4.78 is 1.05. The number of hydrogen-bond donors (Lipinski definition) is 1. The Morgan fingerprint density at radius 2 is 1.95 bits per heavy atom. The molecule has 4 atom stereocenters. The van der Waals surface area contributed by atoms with Gasteiger partial charge in [0.25, 0.3) is 0 Å². The second-order valence-electron chi connectivity index (χ2n) is 7.08. The van der Waals surface area contributed by atoms with E-state index in [-0.39, 0.29) is 17.4 Å². The molecule has 1 aromatic rings. The predicted molar refractivity (Wildman–Crippen MR) is 92.4 cm³/mol. The van der Waals surface area contributed by atoms with Crippen molar-refractivity contribution in [3.8, 4) is 0 Å². The maximum absolute atomic E-state index is 13.0. The molecule has 0 amide bonds. The van der Waals surface area contributed by atoms with Crippen LogP contribution in [0.4, 0.5) is 0 Å². The van der Waals surface area contributed by atoms with Crippen LogP contribution in [-0.2, 0) is 4.79 Å². The van der Waals surface area contributed by atoms with E-state index in [1.54, 1.807) is 0 Å². The lowest BCUT2D eigenvalue weighted by molar-refractivity contribution is -0.137. The Hall–Kier alpha value is -0.930. The molecule has 0 aromatic heterocycles. The summed E-state index contributed by atoms with van der Waals surface area (Å²) in [6.07, 6.45) is 5.18. The summed E-state index contributed by atoms with van der Waals surface area (Å²) in [5.74, 6) is 0.827. The lowest BCUT2D eigenvalue weighted by Gasteiger charge is -2.49. The van der Waals surface area contributed by atoms with E-state index in [1.807, 2.05) is 30.3 Å². The minimum absolute atomic E-state index is 0.219. The van der Waals surface area contributed by atoms with Gasteiger partial charge in [-0.05, 0) is 66.9 Å². The van der Waals surface area contributed by atoms with Crippen LogP contribution in [-0.4, -0.2) is 17.0 Å². The molecule has 0 radical (unpaired) electrons. The number of hydrogen-bond acceptors (Lipinski definition) is 2. The van der Waals surface area contributed by atoms with Crippen molar-refractivity contribution >= 4 is 27.8 Å². The average Bonchev–Trinajstić information content (AvgIpc) is 2.50. The highest BCUT2D eigenvalue weighted by Crippen LogP contribution is 2.52. The number of benzene rings is 1. The Labute approximate surface area is 140 Å². The van der Waals surface area contributed by atoms with Gasteiger partial charge in [-0.15, -0.1) is 0 Å². The van der Waals surface area contributed by atoms with Gasteiger partial charge in [0.15, 0.2) is 5.78 Å². The van der Waals surface area contributed by atoms with Crippen LogP contribution in [0.2, 0.25) is 0 Å². The predicted octanol–water partition coefficient (Wildman–Crippen LogP) is 4.61. The Morgan fingerprint density at radius 1 is 1.27 bits per heavy atom. The fourth-order valence-corrected chi connectivity index (χ4v) is 4.56. The van der Waals surface area contributed by atoms with Gasteiger partial charge in [0.05, 0.1) is 6.10 Å². The van der Waals surface area contributed by atoms with Crippen molar-refractivity contribution in [1.82, 2.24) is 0 Å². The maximum atomic E-state index is 13.0. The Kier molecular flexibility index (Phi) is 4.30. The SMILES string of the molecule is C[C@@H]1C(O)CC[C@]2(C)C(=O)C(=Cc3ccc(Br)cc3)CCC12. The summed E-state index contributed by atoms with van der Waals surface area (Å²) in [4.78, 5) is 13.0.